The monoisotopic (exact) mass is 427 g/mol. The van der Waals surface area contributed by atoms with Gasteiger partial charge in [0.25, 0.3) is 5.91 Å². The Hall–Kier alpha value is -3.54. The summed E-state index contributed by atoms with van der Waals surface area (Å²) in [6, 6.07) is 17.8. The minimum Gasteiger partial charge on any atom is -0.339 e. The van der Waals surface area contributed by atoms with Crippen LogP contribution in [0.15, 0.2) is 70.9 Å². The number of amidine groups is 1. The number of hydrogen-bond donors (Lipinski definition) is 1. The predicted octanol–water partition coefficient (Wildman–Crippen LogP) is 5.24. The first-order chi connectivity index (χ1) is 15.6. The van der Waals surface area contributed by atoms with Crippen molar-refractivity contribution in [3.63, 3.8) is 0 Å². The molecule has 0 saturated heterocycles. The summed E-state index contributed by atoms with van der Waals surface area (Å²) in [7, 11) is 0. The number of carbonyl (C=O) groups excluding carboxylic acids is 1. The standard InChI is InChI=1S/C26H29N5O/c1-4-18-16-17-22(28-23(18)26(32)31(5-2)6-3)29-25-20-14-10-11-15-21(20)27-24(30-25)19-12-8-7-9-13-19/h7-15H,4-6,16-17H2,1-3H3,(H,27,28,29,30). The Labute approximate surface area is 189 Å². The molecule has 0 saturated carbocycles. The second-order valence-corrected chi connectivity index (χ2v) is 7.75. The van der Waals surface area contributed by atoms with Crippen molar-refractivity contribution in [2.24, 2.45) is 4.99 Å². The summed E-state index contributed by atoms with van der Waals surface area (Å²) in [6.07, 6.45) is 2.41. The molecule has 164 valence electrons. The zero-order valence-corrected chi connectivity index (χ0v) is 18.9. The minimum atomic E-state index is 0.0387. The van der Waals surface area contributed by atoms with Gasteiger partial charge in [-0.25, -0.2) is 15.0 Å². The number of rotatable bonds is 6. The number of allylic oxidation sites excluding steroid dienone is 1. The fourth-order valence-corrected chi connectivity index (χ4v) is 3.99. The SMILES string of the molecule is CCC1=C(C(=O)N(CC)CC)NC(=Nc2nc(-c3ccccc3)nc3ccccc23)CC1. The lowest BCUT2D eigenvalue weighted by Crippen LogP contribution is -2.41. The summed E-state index contributed by atoms with van der Waals surface area (Å²) >= 11 is 0. The smallest absolute Gasteiger partial charge is 0.270 e. The van der Waals surface area contributed by atoms with Gasteiger partial charge in [-0.15, -0.1) is 0 Å². The average Bonchev–Trinajstić information content (AvgIpc) is 2.85. The van der Waals surface area contributed by atoms with Crippen LogP contribution in [-0.4, -0.2) is 39.7 Å². The maximum Gasteiger partial charge on any atom is 0.270 e. The summed E-state index contributed by atoms with van der Waals surface area (Å²) in [5.41, 5.74) is 3.61. The lowest BCUT2D eigenvalue weighted by atomic mass is 10.00. The molecule has 6 heteroatoms. The van der Waals surface area contributed by atoms with E-state index in [2.05, 4.69) is 12.2 Å². The highest BCUT2D eigenvalue weighted by Crippen LogP contribution is 2.28. The van der Waals surface area contributed by atoms with Crippen LogP contribution in [-0.2, 0) is 4.79 Å². The number of aromatic nitrogens is 2. The van der Waals surface area contributed by atoms with Crippen LogP contribution in [0.5, 0.6) is 0 Å². The highest BCUT2D eigenvalue weighted by Gasteiger charge is 2.24. The quantitative estimate of drug-likeness (QED) is 0.584. The molecule has 1 aliphatic rings. The van der Waals surface area contributed by atoms with Gasteiger partial charge in [0, 0.05) is 30.5 Å². The molecule has 1 amide bonds. The molecular weight excluding hydrogens is 398 g/mol. The topological polar surface area (TPSA) is 70.5 Å². The molecule has 0 radical (unpaired) electrons. The largest absolute Gasteiger partial charge is 0.339 e. The van der Waals surface area contributed by atoms with E-state index in [9.17, 15) is 4.79 Å². The van der Waals surface area contributed by atoms with Crippen LogP contribution in [0, 0.1) is 0 Å². The lowest BCUT2D eigenvalue weighted by Gasteiger charge is -2.27. The van der Waals surface area contributed by atoms with E-state index in [4.69, 9.17) is 15.0 Å². The second kappa shape index (κ2) is 9.73. The molecule has 4 rings (SSSR count). The van der Waals surface area contributed by atoms with Gasteiger partial charge in [0.1, 0.15) is 11.5 Å². The number of nitrogens with zero attached hydrogens (tertiary/aromatic N) is 4. The van der Waals surface area contributed by atoms with Crippen LogP contribution in [0.1, 0.15) is 40.0 Å². The third-order valence-electron chi connectivity index (χ3n) is 5.83. The normalized spacial score (nSPS) is 15.2. The Morgan fingerprint density at radius 3 is 2.41 bits per heavy atom. The Kier molecular flexibility index (Phi) is 6.59. The van der Waals surface area contributed by atoms with Crippen LogP contribution in [0.2, 0.25) is 0 Å². The van der Waals surface area contributed by atoms with Crippen LogP contribution in [0.3, 0.4) is 0 Å². The number of benzene rings is 2. The third kappa shape index (κ3) is 4.40. The number of likely N-dealkylation sites (N-methyl/N-ethyl adjacent to an activating group) is 1. The molecule has 0 aliphatic carbocycles. The van der Waals surface area contributed by atoms with Gasteiger partial charge in [-0.05, 0) is 44.4 Å². The molecule has 0 fully saturated rings. The van der Waals surface area contributed by atoms with E-state index in [1.165, 1.54) is 0 Å². The van der Waals surface area contributed by atoms with E-state index in [1.807, 2.05) is 73.3 Å². The van der Waals surface area contributed by atoms with Gasteiger partial charge in [0.2, 0.25) is 0 Å². The molecule has 1 N–H and O–H groups in total. The summed E-state index contributed by atoms with van der Waals surface area (Å²) in [5, 5.41) is 4.25. The molecule has 0 unspecified atom stereocenters. The highest BCUT2D eigenvalue weighted by atomic mass is 16.2. The molecule has 0 bridgehead atoms. The zero-order valence-electron chi connectivity index (χ0n) is 18.9. The fourth-order valence-electron chi connectivity index (χ4n) is 3.99. The molecule has 0 atom stereocenters. The van der Waals surface area contributed by atoms with E-state index in [0.29, 0.717) is 30.4 Å². The van der Waals surface area contributed by atoms with Crippen molar-refractivity contribution in [1.82, 2.24) is 20.2 Å². The van der Waals surface area contributed by atoms with Crippen molar-refractivity contribution in [2.45, 2.75) is 40.0 Å². The van der Waals surface area contributed by atoms with E-state index in [-0.39, 0.29) is 5.91 Å². The summed E-state index contributed by atoms with van der Waals surface area (Å²) in [4.78, 5) is 29.4. The summed E-state index contributed by atoms with van der Waals surface area (Å²) in [5.74, 6) is 2.06. The van der Waals surface area contributed by atoms with Crippen molar-refractivity contribution in [3.8, 4) is 11.4 Å². The van der Waals surface area contributed by atoms with Gasteiger partial charge in [-0.2, -0.15) is 0 Å². The first kappa shape index (κ1) is 21.7. The van der Waals surface area contributed by atoms with Crippen LogP contribution in [0.4, 0.5) is 5.82 Å². The zero-order chi connectivity index (χ0) is 22.5. The molecule has 2 heterocycles. The lowest BCUT2D eigenvalue weighted by molar-refractivity contribution is -0.127. The van der Waals surface area contributed by atoms with E-state index in [1.54, 1.807) is 0 Å². The fraction of sp³-hybridized carbons (Fsp3) is 0.308. The maximum absolute atomic E-state index is 13.1. The second-order valence-electron chi connectivity index (χ2n) is 7.75. The first-order valence-electron chi connectivity index (χ1n) is 11.3. The summed E-state index contributed by atoms with van der Waals surface area (Å²) in [6.45, 7) is 7.47. The van der Waals surface area contributed by atoms with Crippen molar-refractivity contribution >= 4 is 28.5 Å². The van der Waals surface area contributed by atoms with Gasteiger partial charge in [0.15, 0.2) is 11.6 Å². The van der Waals surface area contributed by atoms with Crippen LogP contribution in [0.25, 0.3) is 22.3 Å². The Balaban J connectivity index is 1.76. The number of nitrogens with one attached hydrogen (secondary N) is 1. The third-order valence-corrected chi connectivity index (χ3v) is 5.83. The number of fused-ring (bicyclic) bond motifs is 1. The van der Waals surface area contributed by atoms with Gasteiger partial charge >= 0.3 is 0 Å². The molecule has 6 nitrogen and oxygen atoms in total. The number of aliphatic imine (C=N–C) groups is 1. The van der Waals surface area contributed by atoms with E-state index < -0.39 is 0 Å². The molecule has 1 aromatic heterocycles. The van der Waals surface area contributed by atoms with Crippen LogP contribution < -0.4 is 5.32 Å². The maximum atomic E-state index is 13.1. The first-order valence-corrected chi connectivity index (χ1v) is 11.3. The molecule has 32 heavy (non-hydrogen) atoms. The van der Waals surface area contributed by atoms with Crippen molar-refractivity contribution in [1.29, 1.82) is 0 Å². The molecular formula is C26H29N5O. The minimum absolute atomic E-state index is 0.0387. The van der Waals surface area contributed by atoms with Crippen molar-refractivity contribution in [2.75, 3.05) is 13.1 Å². The number of amides is 1. The van der Waals surface area contributed by atoms with Crippen molar-refractivity contribution < 1.29 is 4.79 Å². The Morgan fingerprint density at radius 1 is 0.969 bits per heavy atom. The molecule has 3 aromatic rings. The molecule has 0 spiro atoms. The highest BCUT2D eigenvalue weighted by molar-refractivity contribution is 6.02. The van der Waals surface area contributed by atoms with E-state index >= 15 is 0 Å². The number of hydrogen-bond acceptors (Lipinski definition) is 4. The predicted molar refractivity (Wildman–Crippen MR) is 130 cm³/mol. The van der Waals surface area contributed by atoms with Crippen LogP contribution >= 0.6 is 0 Å². The molecule has 1 aliphatic heterocycles. The van der Waals surface area contributed by atoms with Gasteiger partial charge < -0.3 is 10.2 Å². The molecule has 2 aromatic carbocycles. The Morgan fingerprint density at radius 2 is 1.69 bits per heavy atom. The number of para-hydroxylation sites is 1. The summed E-state index contributed by atoms with van der Waals surface area (Å²) < 4.78 is 0. The Bertz CT molecular complexity index is 1180. The van der Waals surface area contributed by atoms with Gasteiger partial charge in [-0.3, -0.25) is 4.79 Å². The van der Waals surface area contributed by atoms with Crippen molar-refractivity contribution in [3.05, 3.63) is 65.9 Å². The number of carbonyl (C=O) groups is 1. The van der Waals surface area contributed by atoms with Gasteiger partial charge in [-0.1, -0.05) is 49.4 Å². The van der Waals surface area contributed by atoms with E-state index in [0.717, 1.165) is 47.1 Å². The average molecular weight is 428 g/mol. The van der Waals surface area contributed by atoms with Gasteiger partial charge in [0.05, 0.1) is 5.52 Å².